The van der Waals surface area contributed by atoms with Gasteiger partial charge in [0.1, 0.15) is 5.52 Å². The second-order valence-corrected chi connectivity index (χ2v) is 9.14. The van der Waals surface area contributed by atoms with E-state index in [2.05, 4.69) is 44.8 Å². The Morgan fingerprint density at radius 3 is 2.44 bits per heavy atom. The smallest absolute Gasteiger partial charge is 0.171 e. The zero-order chi connectivity index (χ0) is 21.9. The van der Waals surface area contributed by atoms with Crippen LogP contribution in [0, 0.1) is 0 Å². The van der Waals surface area contributed by atoms with E-state index in [0.717, 1.165) is 40.2 Å². The van der Waals surface area contributed by atoms with Crippen LogP contribution in [0.3, 0.4) is 0 Å². The molecule has 0 bridgehead atoms. The summed E-state index contributed by atoms with van der Waals surface area (Å²) in [5.41, 5.74) is 11.6. The van der Waals surface area contributed by atoms with Gasteiger partial charge in [-0.05, 0) is 50.0 Å². The van der Waals surface area contributed by atoms with Crippen LogP contribution in [0.25, 0.3) is 21.9 Å². The highest BCUT2D eigenvalue weighted by atomic mass is 32.2. The lowest BCUT2D eigenvalue weighted by Gasteiger charge is -2.15. The first-order valence-corrected chi connectivity index (χ1v) is 12.3. The van der Waals surface area contributed by atoms with Crippen molar-refractivity contribution in [2.24, 2.45) is 0 Å². The molecule has 1 saturated heterocycles. The maximum atomic E-state index is 6.32. The minimum atomic E-state index is 0.469. The van der Waals surface area contributed by atoms with Crippen molar-refractivity contribution in [3.63, 3.8) is 0 Å². The minimum Gasteiger partial charge on any atom is -0.382 e. The molecule has 0 amide bonds. The Balaban J connectivity index is 1.51. The average Bonchev–Trinajstić information content (AvgIpc) is 3.44. The van der Waals surface area contributed by atoms with Gasteiger partial charge in [0.05, 0.1) is 23.5 Å². The lowest BCUT2D eigenvalue weighted by Crippen LogP contribution is -2.18. The highest BCUT2D eigenvalue weighted by Crippen LogP contribution is 2.33. The van der Waals surface area contributed by atoms with Gasteiger partial charge in [-0.2, -0.15) is 0 Å². The Bertz CT molecular complexity index is 1210. The van der Waals surface area contributed by atoms with E-state index in [0.29, 0.717) is 18.4 Å². The van der Waals surface area contributed by atoms with E-state index >= 15 is 0 Å². The molecule has 6 nitrogen and oxygen atoms in total. The molecule has 1 aliphatic rings. The molecule has 3 heterocycles. The summed E-state index contributed by atoms with van der Waals surface area (Å²) in [6.07, 6.45) is 2.64. The van der Waals surface area contributed by atoms with Crippen molar-refractivity contribution in [1.29, 1.82) is 0 Å². The van der Waals surface area contributed by atoms with Crippen molar-refractivity contribution in [1.82, 2.24) is 19.4 Å². The van der Waals surface area contributed by atoms with Crippen LogP contribution in [0.1, 0.15) is 30.9 Å². The van der Waals surface area contributed by atoms with Crippen molar-refractivity contribution in [2.45, 2.75) is 38.0 Å². The van der Waals surface area contributed by atoms with Crippen molar-refractivity contribution >= 4 is 39.5 Å². The summed E-state index contributed by atoms with van der Waals surface area (Å²) in [5.74, 6) is 1.02. The first-order chi connectivity index (χ1) is 15.7. The number of benzene rings is 2. The first kappa shape index (κ1) is 21.2. The number of imidazole rings is 1. The number of nitrogen functional groups attached to an aromatic ring is 1. The number of nitrogens with two attached hydrogens (primary N) is 1. The molecule has 0 spiro atoms. The Hall–Kier alpha value is -2.61. The lowest BCUT2D eigenvalue weighted by molar-refractivity contribution is 0.199. The number of pyridine rings is 1. The molecule has 2 N–H and O–H groups in total. The normalized spacial score (nSPS) is 14.7. The van der Waals surface area contributed by atoms with Gasteiger partial charge in [-0.25, -0.2) is 9.97 Å². The number of aromatic nitrogens is 3. The van der Waals surface area contributed by atoms with E-state index in [1.54, 1.807) is 11.8 Å². The second kappa shape index (κ2) is 9.48. The molecule has 4 aromatic rings. The summed E-state index contributed by atoms with van der Waals surface area (Å²) >= 11 is 1.60. The zero-order valence-electron chi connectivity index (χ0n) is 18.5. The molecule has 2 aromatic carbocycles. The van der Waals surface area contributed by atoms with E-state index in [9.17, 15) is 0 Å². The molecule has 1 aliphatic heterocycles. The third-order valence-electron chi connectivity index (χ3n) is 6.02. The topological polar surface area (TPSA) is 69.2 Å². The molecule has 0 unspecified atom stereocenters. The molecular weight excluding hydrogens is 418 g/mol. The summed E-state index contributed by atoms with van der Waals surface area (Å²) in [6.45, 7) is 6.87. The number of hydrogen-bond acceptors (Lipinski definition) is 6. The third kappa shape index (κ3) is 4.33. The molecule has 0 saturated carbocycles. The monoisotopic (exact) mass is 447 g/mol. The molecule has 7 heteroatoms. The van der Waals surface area contributed by atoms with Gasteiger partial charge in [-0.3, -0.25) is 4.90 Å². The van der Waals surface area contributed by atoms with Crippen molar-refractivity contribution in [2.75, 3.05) is 31.4 Å². The molecule has 0 radical (unpaired) electrons. The molecule has 2 aromatic heterocycles. The zero-order valence-corrected chi connectivity index (χ0v) is 19.3. The third-order valence-corrected chi connectivity index (χ3v) is 6.87. The van der Waals surface area contributed by atoms with Crippen LogP contribution in [0.15, 0.2) is 53.7 Å². The Morgan fingerprint density at radius 2 is 1.69 bits per heavy atom. The molecule has 0 atom stereocenters. The Kier molecular flexibility index (Phi) is 6.30. The molecular formula is C25H29N5OS. The van der Waals surface area contributed by atoms with Crippen LogP contribution in [-0.2, 0) is 17.8 Å². The fourth-order valence-corrected chi connectivity index (χ4v) is 5.23. The van der Waals surface area contributed by atoms with Gasteiger partial charge in [0, 0.05) is 18.5 Å². The van der Waals surface area contributed by atoms with Crippen LogP contribution in [0.4, 0.5) is 5.82 Å². The van der Waals surface area contributed by atoms with Gasteiger partial charge in [-0.1, -0.05) is 54.2 Å². The number of nitrogens with zero attached hydrogens (tertiary/aromatic N) is 4. The fourth-order valence-electron chi connectivity index (χ4n) is 4.40. The number of rotatable bonds is 8. The Labute approximate surface area is 192 Å². The Morgan fingerprint density at radius 1 is 0.969 bits per heavy atom. The van der Waals surface area contributed by atoms with Crippen LogP contribution in [0.2, 0.25) is 0 Å². The van der Waals surface area contributed by atoms with Crippen LogP contribution in [-0.4, -0.2) is 45.1 Å². The summed E-state index contributed by atoms with van der Waals surface area (Å²) in [6, 6.07) is 17.1. The molecule has 166 valence electrons. The minimum absolute atomic E-state index is 0.469. The van der Waals surface area contributed by atoms with Crippen molar-refractivity contribution in [3.05, 3.63) is 59.7 Å². The molecule has 5 rings (SSSR count). The summed E-state index contributed by atoms with van der Waals surface area (Å²) < 4.78 is 7.85. The van der Waals surface area contributed by atoms with Crippen molar-refractivity contribution < 1.29 is 4.74 Å². The van der Waals surface area contributed by atoms with Gasteiger partial charge < -0.3 is 15.0 Å². The number of hydrogen-bond donors (Lipinski definition) is 1. The SMILES string of the molecule is CCOCSc1nc2c(N)nc3ccccc3c2n1Cc1ccc(CN2CCCC2)cc1. The van der Waals surface area contributed by atoms with Gasteiger partial charge in [-0.15, -0.1) is 0 Å². The summed E-state index contributed by atoms with van der Waals surface area (Å²) in [4.78, 5) is 12.0. The van der Waals surface area contributed by atoms with Crippen LogP contribution >= 0.6 is 11.8 Å². The number of anilines is 1. The van der Waals surface area contributed by atoms with E-state index in [1.165, 1.54) is 37.1 Å². The second-order valence-electron chi connectivity index (χ2n) is 8.25. The van der Waals surface area contributed by atoms with Gasteiger partial charge in [0.2, 0.25) is 0 Å². The standard InChI is InChI=1S/C25H29N5OS/c1-2-31-17-32-25-28-22-23(20-7-3-4-8-21(20)27-24(22)26)30(25)16-19-11-9-18(10-12-19)15-29-13-5-6-14-29/h3-4,7-12H,2,5-6,13-17H2,1H3,(H2,26,27). The molecule has 1 fully saturated rings. The summed E-state index contributed by atoms with van der Waals surface area (Å²) in [5, 5.41) is 1.97. The average molecular weight is 448 g/mol. The summed E-state index contributed by atoms with van der Waals surface area (Å²) in [7, 11) is 0. The highest BCUT2D eigenvalue weighted by Gasteiger charge is 2.18. The van der Waals surface area contributed by atoms with Crippen molar-refractivity contribution in [3.8, 4) is 0 Å². The quantitative estimate of drug-likeness (QED) is 0.235. The number of thioether (sulfide) groups is 1. The maximum absolute atomic E-state index is 6.32. The van der Waals surface area contributed by atoms with Crippen LogP contribution in [0.5, 0.6) is 0 Å². The molecule has 32 heavy (non-hydrogen) atoms. The van der Waals surface area contributed by atoms with Gasteiger partial charge in [0.15, 0.2) is 11.0 Å². The largest absolute Gasteiger partial charge is 0.382 e. The van der Waals surface area contributed by atoms with E-state index in [-0.39, 0.29) is 0 Å². The number of fused-ring (bicyclic) bond motifs is 3. The van der Waals surface area contributed by atoms with Crippen LogP contribution < -0.4 is 5.73 Å². The van der Waals surface area contributed by atoms with E-state index < -0.39 is 0 Å². The first-order valence-electron chi connectivity index (χ1n) is 11.3. The number of para-hydroxylation sites is 1. The van der Waals surface area contributed by atoms with Gasteiger partial charge >= 0.3 is 0 Å². The lowest BCUT2D eigenvalue weighted by atomic mass is 10.1. The number of likely N-dealkylation sites (tertiary alicyclic amines) is 1. The van der Waals surface area contributed by atoms with E-state index in [1.807, 2.05) is 25.1 Å². The molecule has 0 aliphatic carbocycles. The predicted octanol–water partition coefficient (Wildman–Crippen LogP) is 4.90. The number of ether oxygens (including phenoxy) is 1. The fraction of sp³-hybridized carbons (Fsp3) is 0.360. The van der Waals surface area contributed by atoms with E-state index in [4.69, 9.17) is 15.5 Å². The highest BCUT2D eigenvalue weighted by molar-refractivity contribution is 7.99. The predicted molar refractivity (Wildman–Crippen MR) is 132 cm³/mol. The van der Waals surface area contributed by atoms with Gasteiger partial charge in [0.25, 0.3) is 0 Å². The maximum Gasteiger partial charge on any atom is 0.171 e.